The summed E-state index contributed by atoms with van der Waals surface area (Å²) < 4.78 is 17.0. The van der Waals surface area contributed by atoms with E-state index in [2.05, 4.69) is 24.3 Å². The van der Waals surface area contributed by atoms with Crippen LogP contribution in [-0.2, 0) is 26.0 Å². The second-order valence-corrected chi connectivity index (χ2v) is 8.15. The lowest BCUT2D eigenvalue weighted by Gasteiger charge is -2.36. The second-order valence-electron chi connectivity index (χ2n) is 8.15. The molecule has 1 fully saturated rings. The van der Waals surface area contributed by atoms with Gasteiger partial charge in [-0.3, -0.25) is 0 Å². The first-order valence-electron chi connectivity index (χ1n) is 9.05. The number of ether oxygens (including phenoxy) is 3. The maximum Gasteiger partial charge on any atom is 0.410 e. The van der Waals surface area contributed by atoms with E-state index in [0.717, 1.165) is 19.3 Å². The molecule has 1 atom stereocenters. The number of aryl methyl sites for hydroxylation is 1. The van der Waals surface area contributed by atoms with Crippen LogP contribution in [0.3, 0.4) is 0 Å². The van der Waals surface area contributed by atoms with Crippen LogP contribution in [0.2, 0.25) is 0 Å². The molecule has 25 heavy (non-hydrogen) atoms. The van der Waals surface area contributed by atoms with Gasteiger partial charge in [0.25, 0.3) is 0 Å². The molecule has 3 rings (SSSR count). The number of fused-ring (bicyclic) bond motifs is 1. The Hall–Kier alpha value is -1.59. The van der Waals surface area contributed by atoms with Crippen molar-refractivity contribution >= 4 is 6.09 Å². The van der Waals surface area contributed by atoms with Crippen molar-refractivity contribution in [1.29, 1.82) is 0 Å². The van der Waals surface area contributed by atoms with Crippen molar-refractivity contribution in [1.82, 2.24) is 4.90 Å². The first kappa shape index (κ1) is 18.2. The summed E-state index contributed by atoms with van der Waals surface area (Å²) in [5.74, 6) is 0. The van der Waals surface area contributed by atoms with Gasteiger partial charge in [0.1, 0.15) is 5.60 Å². The first-order chi connectivity index (χ1) is 11.8. The first-order valence-corrected chi connectivity index (χ1v) is 9.05. The quantitative estimate of drug-likeness (QED) is 0.836. The molecule has 0 radical (unpaired) electrons. The van der Waals surface area contributed by atoms with Crippen molar-refractivity contribution in [2.45, 2.75) is 57.3 Å². The molecule has 138 valence electrons. The van der Waals surface area contributed by atoms with Crippen LogP contribution in [0.1, 0.15) is 44.7 Å². The predicted octanol–water partition coefficient (Wildman–Crippen LogP) is 3.50. The largest absolute Gasteiger partial charge is 0.444 e. The average Bonchev–Trinajstić information content (AvgIpc) is 3.15. The van der Waals surface area contributed by atoms with E-state index >= 15 is 0 Å². The third kappa shape index (κ3) is 4.15. The number of nitrogens with zero attached hydrogens (tertiary/aromatic N) is 1. The molecule has 0 spiro atoms. The van der Waals surface area contributed by atoms with Gasteiger partial charge in [0, 0.05) is 25.4 Å². The number of hydrogen-bond acceptors (Lipinski definition) is 4. The fourth-order valence-corrected chi connectivity index (χ4v) is 3.91. The highest BCUT2D eigenvalue weighted by Gasteiger charge is 2.43. The number of amides is 1. The van der Waals surface area contributed by atoms with Crippen molar-refractivity contribution in [2.24, 2.45) is 0 Å². The van der Waals surface area contributed by atoms with Gasteiger partial charge in [-0.2, -0.15) is 0 Å². The molecule has 5 heteroatoms. The Morgan fingerprint density at radius 1 is 1.28 bits per heavy atom. The summed E-state index contributed by atoms with van der Waals surface area (Å²) in [6.45, 7) is 7.55. The van der Waals surface area contributed by atoms with Crippen LogP contribution in [0.15, 0.2) is 24.3 Å². The Morgan fingerprint density at radius 3 is 2.64 bits per heavy atom. The molecule has 2 aliphatic rings. The zero-order chi connectivity index (χ0) is 18.1. The van der Waals surface area contributed by atoms with Crippen LogP contribution in [0, 0.1) is 0 Å². The second kappa shape index (κ2) is 6.96. The highest BCUT2D eigenvalue weighted by Crippen LogP contribution is 2.44. The van der Waals surface area contributed by atoms with Gasteiger partial charge in [0.15, 0.2) is 6.29 Å². The molecule has 1 saturated heterocycles. The molecular formula is C20H29NO4. The molecule has 1 heterocycles. The fourth-order valence-electron chi connectivity index (χ4n) is 3.91. The minimum atomic E-state index is -0.496. The number of hydrogen-bond donors (Lipinski definition) is 0. The van der Waals surface area contributed by atoms with E-state index in [9.17, 15) is 4.79 Å². The Bertz CT molecular complexity index is 618. The molecule has 0 aromatic heterocycles. The van der Waals surface area contributed by atoms with E-state index in [1.54, 1.807) is 4.90 Å². The van der Waals surface area contributed by atoms with Crippen LogP contribution in [0.25, 0.3) is 0 Å². The minimum absolute atomic E-state index is 0.156. The van der Waals surface area contributed by atoms with Gasteiger partial charge in [-0.25, -0.2) is 4.79 Å². The number of carbonyl (C=O) groups is 1. The normalized spacial score (nSPS) is 23.5. The van der Waals surface area contributed by atoms with E-state index in [0.29, 0.717) is 19.8 Å². The average molecular weight is 347 g/mol. The van der Waals surface area contributed by atoms with Crippen molar-refractivity contribution in [3.63, 3.8) is 0 Å². The number of benzene rings is 1. The highest BCUT2D eigenvalue weighted by atomic mass is 16.7. The van der Waals surface area contributed by atoms with Gasteiger partial charge in [-0.05, 0) is 44.7 Å². The molecule has 0 saturated carbocycles. The standard InChI is InChI=1S/C20H29NO4/c1-19(2,3)25-18(22)21(4)14-20(13-17-23-11-12-24-17)10-9-15-7-5-6-8-16(15)20/h5-8,17H,9-14H2,1-4H3. The van der Waals surface area contributed by atoms with Crippen LogP contribution in [-0.4, -0.2) is 49.7 Å². The third-order valence-electron chi connectivity index (χ3n) is 4.95. The van der Waals surface area contributed by atoms with E-state index in [4.69, 9.17) is 14.2 Å². The summed E-state index contributed by atoms with van der Waals surface area (Å²) in [5, 5.41) is 0. The van der Waals surface area contributed by atoms with E-state index in [1.165, 1.54) is 11.1 Å². The van der Waals surface area contributed by atoms with Crippen molar-refractivity contribution in [2.75, 3.05) is 26.8 Å². The van der Waals surface area contributed by atoms with E-state index in [1.807, 2.05) is 27.8 Å². The monoisotopic (exact) mass is 347 g/mol. The van der Waals surface area contributed by atoms with E-state index in [-0.39, 0.29) is 17.8 Å². The lowest BCUT2D eigenvalue weighted by atomic mass is 9.78. The van der Waals surface area contributed by atoms with Crippen LogP contribution < -0.4 is 0 Å². The van der Waals surface area contributed by atoms with Crippen LogP contribution in [0.5, 0.6) is 0 Å². The zero-order valence-electron chi connectivity index (χ0n) is 15.7. The van der Waals surface area contributed by atoms with Crippen molar-refractivity contribution in [3.8, 4) is 0 Å². The molecule has 5 nitrogen and oxygen atoms in total. The summed E-state index contributed by atoms with van der Waals surface area (Å²) in [4.78, 5) is 14.2. The van der Waals surface area contributed by atoms with Gasteiger partial charge in [-0.15, -0.1) is 0 Å². The van der Waals surface area contributed by atoms with Crippen LogP contribution in [0.4, 0.5) is 4.79 Å². The fraction of sp³-hybridized carbons (Fsp3) is 0.650. The SMILES string of the molecule is CN(CC1(CC2OCCO2)CCc2ccccc21)C(=O)OC(C)(C)C. The summed E-state index contributed by atoms with van der Waals surface area (Å²) in [5.41, 5.74) is 2.02. The van der Waals surface area contributed by atoms with Crippen LogP contribution >= 0.6 is 0 Å². The number of rotatable bonds is 4. The lowest BCUT2D eigenvalue weighted by molar-refractivity contribution is -0.0647. The maximum atomic E-state index is 12.5. The summed E-state index contributed by atoms with van der Waals surface area (Å²) in [6, 6.07) is 8.51. The lowest BCUT2D eigenvalue weighted by Crippen LogP contribution is -2.44. The molecule has 1 aliphatic carbocycles. The summed E-state index contributed by atoms with van der Waals surface area (Å²) in [6.07, 6.45) is 2.29. The highest BCUT2D eigenvalue weighted by molar-refractivity contribution is 5.68. The Kier molecular flexibility index (Phi) is 5.07. The maximum absolute atomic E-state index is 12.5. The van der Waals surface area contributed by atoms with Crippen molar-refractivity contribution < 1.29 is 19.0 Å². The van der Waals surface area contributed by atoms with Gasteiger partial charge in [-0.1, -0.05) is 24.3 Å². The molecule has 1 aliphatic heterocycles. The topological polar surface area (TPSA) is 48.0 Å². The molecule has 1 amide bonds. The predicted molar refractivity (Wildman–Crippen MR) is 95.6 cm³/mol. The molecular weight excluding hydrogens is 318 g/mol. The number of carbonyl (C=O) groups excluding carboxylic acids is 1. The van der Waals surface area contributed by atoms with E-state index < -0.39 is 5.60 Å². The molecule has 1 aromatic carbocycles. The Balaban J connectivity index is 1.81. The number of likely N-dealkylation sites (N-methyl/N-ethyl adjacent to an activating group) is 1. The van der Waals surface area contributed by atoms with Gasteiger partial charge >= 0.3 is 6.09 Å². The molecule has 0 bridgehead atoms. The van der Waals surface area contributed by atoms with Gasteiger partial charge < -0.3 is 19.1 Å². The van der Waals surface area contributed by atoms with Gasteiger partial charge in [0.2, 0.25) is 0 Å². The molecule has 0 N–H and O–H groups in total. The third-order valence-corrected chi connectivity index (χ3v) is 4.95. The molecule has 1 aromatic rings. The van der Waals surface area contributed by atoms with Gasteiger partial charge in [0.05, 0.1) is 13.2 Å². The summed E-state index contributed by atoms with van der Waals surface area (Å²) >= 11 is 0. The minimum Gasteiger partial charge on any atom is -0.444 e. The molecule has 1 unspecified atom stereocenters. The summed E-state index contributed by atoms with van der Waals surface area (Å²) in [7, 11) is 1.81. The Morgan fingerprint density at radius 2 is 1.96 bits per heavy atom. The zero-order valence-corrected chi connectivity index (χ0v) is 15.7. The smallest absolute Gasteiger partial charge is 0.410 e. The Labute approximate surface area is 150 Å². The van der Waals surface area contributed by atoms with Crippen molar-refractivity contribution in [3.05, 3.63) is 35.4 Å².